The van der Waals surface area contributed by atoms with Gasteiger partial charge in [-0.2, -0.15) is 0 Å². The number of hydrogen-bond donors (Lipinski definition) is 0. The predicted octanol–water partition coefficient (Wildman–Crippen LogP) is 3.54. The van der Waals surface area contributed by atoms with Crippen molar-refractivity contribution in [3.8, 4) is 0 Å². The fourth-order valence-corrected chi connectivity index (χ4v) is 1.51. The highest BCUT2D eigenvalue weighted by Gasteiger charge is 2.09. The Hall–Kier alpha value is -0.0400. The van der Waals surface area contributed by atoms with Gasteiger partial charge in [0.25, 0.3) is 0 Å². The molecule has 0 rings (SSSR count). The first kappa shape index (κ1) is 13.0. The van der Waals surface area contributed by atoms with Crippen molar-refractivity contribution >= 4 is 0 Å². The molecule has 0 aromatic rings. The minimum atomic E-state index is 0.712. The lowest BCUT2D eigenvalue weighted by Gasteiger charge is -2.27. The molecular formula is C12H27N. The van der Waals surface area contributed by atoms with E-state index < -0.39 is 0 Å². The van der Waals surface area contributed by atoms with Crippen molar-refractivity contribution < 1.29 is 0 Å². The molecule has 0 aliphatic rings. The van der Waals surface area contributed by atoms with Crippen LogP contribution in [0.2, 0.25) is 0 Å². The van der Waals surface area contributed by atoms with Crippen LogP contribution in [-0.4, -0.2) is 24.0 Å². The third kappa shape index (κ3) is 6.09. The van der Waals surface area contributed by atoms with E-state index in [-0.39, 0.29) is 0 Å². The smallest absolute Gasteiger partial charge is 0.00385 e. The second kappa shape index (κ2) is 7.37. The van der Waals surface area contributed by atoms with Crippen molar-refractivity contribution in [2.75, 3.05) is 13.1 Å². The standard InChI is InChI=1S/C12H27N/c1-6-9-13(11(3)4)10-8-12(5)7-2/h11-12H,6-10H2,1-5H3. The quantitative estimate of drug-likeness (QED) is 0.586. The normalized spacial score (nSPS) is 14.1. The fraction of sp³-hybridized carbons (Fsp3) is 1.00. The first-order valence-electron chi connectivity index (χ1n) is 5.85. The summed E-state index contributed by atoms with van der Waals surface area (Å²) < 4.78 is 0. The van der Waals surface area contributed by atoms with Crippen molar-refractivity contribution in [1.29, 1.82) is 0 Å². The SMILES string of the molecule is CCCN(CCC(C)CC)C(C)C. The molecule has 0 aromatic carbocycles. The predicted molar refractivity (Wildman–Crippen MR) is 61.1 cm³/mol. The average Bonchev–Trinajstić information content (AvgIpc) is 2.11. The molecule has 1 unspecified atom stereocenters. The molecule has 0 bridgehead atoms. The first-order valence-corrected chi connectivity index (χ1v) is 5.85. The van der Waals surface area contributed by atoms with Crippen LogP contribution in [0.5, 0.6) is 0 Å². The number of rotatable bonds is 7. The topological polar surface area (TPSA) is 3.24 Å². The molecule has 0 saturated heterocycles. The van der Waals surface area contributed by atoms with Crippen molar-refractivity contribution in [2.45, 2.75) is 59.9 Å². The van der Waals surface area contributed by atoms with Gasteiger partial charge in [0.2, 0.25) is 0 Å². The van der Waals surface area contributed by atoms with Gasteiger partial charge in [-0.15, -0.1) is 0 Å². The Morgan fingerprint density at radius 2 is 1.62 bits per heavy atom. The highest BCUT2D eigenvalue weighted by Crippen LogP contribution is 2.09. The summed E-state index contributed by atoms with van der Waals surface area (Å²) in [7, 11) is 0. The second-order valence-corrected chi connectivity index (χ2v) is 4.43. The van der Waals surface area contributed by atoms with Crippen LogP contribution >= 0.6 is 0 Å². The highest BCUT2D eigenvalue weighted by molar-refractivity contribution is 4.63. The van der Waals surface area contributed by atoms with E-state index in [4.69, 9.17) is 0 Å². The van der Waals surface area contributed by atoms with Crippen LogP contribution in [0.1, 0.15) is 53.9 Å². The Bertz CT molecular complexity index is 110. The highest BCUT2D eigenvalue weighted by atomic mass is 15.1. The maximum absolute atomic E-state index is 2.59. The molecule has 0 aliphatic heterocycles. The molecule has 0 aromatic heterocycles. The van der Waals surface area contributed by atoms with Crippen LogP contribution in [0.3, 0.4) is 0 Å². The van der Waals surface area contributed by atoms with Gasteiger partial charge >= 0.3 is 0 Å². The molecule has 0 aliphatic carbocycles. The average molecular weight is 185 g/mol. The summed E-state index contributed by atoms with van der Waals surface area (Å²) in [5.74, 6) is 0.887. The van der Waals surface area contributed by atoms with E-state index in [9.17, 15) is 0 Å². The molecule has 1 nitrogen and oxygen atoms in total. The first-order chi connectivity index (χ1) is 6.11. The van der Waals surface area contributed by atoms with E-state index in [2.05, 4.69) is 39.5 Å². The zero-order chi connectivity index (χ0) is 10.3. The number of nitrogens with zero attached hydrogens (tertiary/aromatic N) is 1. The number of hydrogen-bond acceptors (Lipinski definition) is 1. The summed E-state index contributed by atoms with van der Waals surface area (Å²) in [6.45, 7) is 14.0. The molecule has 80 valence electrons. The van der Waals surface area contributed by atoms with Crippen molar-refractivity contribution in [2.24, 2.45) is 5.92 Å². The van der Waals surface area contributed by atoms with Crippen LogP contribution in [-0.2, 0) is 0 Å². The molecule has 13 heavy (non-hydrogen) atoms. The largest absolute Gasteiger partial charge is 0.301 e. The van der Waals surface area contributed by atoms with Gasteiger partial charge in [-0.1, -0.05) is 27.2 Å². The molecule has 0 radical (unpaired) electrons. The monoisotopic (exact) mass is 185 g/mol. The Balaban J connectivity index is 3.68. The van der Waals surface area contributed by atoms with Gasteiger partial charge in [0, 0.05) is 6.04 Å². The van der Waals surface area contributed by atoms with Gasteiger partial charge in [-0.05, 0) is 45.7 Å². The van der Waals surface area contributed by atoms with Gasteiger partial charge in [0.15, 0.2) is 0 Å². The summed E-state index contributed by atoms with van der Waals surface area (Å²) in [6, 6.07) is 0.712. The Morgan fingerprint density at radius 3 is 2.00 bits per heavy atom. The van der Waals surface area contributed by atoms with Gasteiger partial charge < -0.3 is 4.90 Å². The molecular weight excluding hydrogens is 158 g/mol. The van der Waals surface area contributed by atoms with Gasteiger partial charge in [-0.3, -0.25) is 0 Å². The van der Waals surface area contributed by atoms with E-state index in [0.29, 0.717) is 6.04 Å². The van der Waals surface area contributed by atoms with Crippen LogP contribution in [0.25, 0.3) is 0 Å². The Morgan fingerprint density at radius 1 is 1.00 bits per heavy atom. The van der Waals surface area contributed by atoms with Crippen molar-refractivity contribution in [3.63, 3.8) is 0 Å². The molecule has 0 amide bonds. The van der Waals surface area contributed by atoms with Crippen molar-refractivity contribution in [3.05, 3.63) is 0 Å². The van der Waals surface area contributed by atoms with E-state index >= 15 is 0 Å². The van der Waals surface area contributed by atoms with E-state index in [1.54, 1.807) is 0 Å². The minimum absolute atomic E-state index is 0.712. The van der Waals surface area contributed by atoms with Crippen molar-refractivity contribution in [1.82, 2.24) is 4.90 Å². The maximum Gasteiger partial charge on any atom is 0.00385 e. The van der Waals surface area contributed by atoms with Crippen LogP contribution in [0.4, 0.5) is 0 Å². The van der Waals surface area contributed by atoms with E-state index in [1.165, 1.54) is 32.4 Å². The Kier molecular flexibility index (Phi) is 7.35. The summed E-state index contributed by atoms with van der Waals surface area (Å²) in [5, 5.41) is 0. The maximum atomic E-state index is 2.59. The Labute approximate surface area is 84.5 Å². The van der Waals surface area contributed by atoms with Gasteiger partial charge in [0.05, 0.1) is 0 Å². The van der Waals surface area contributed by atoms with Crippen LogP contribution in [0.15, 0.2) is 0 Å². The summed E-state index contributed by atoms with van der Waals surface area (Å²) in [4.78, 5) is 2.59. The van der Waals surface area contributed by atoms with Gasteiger partial charge in [0.1, 0.15) is 0 Å². The molecule has 0 spiro atoms. The molecule has 0 fully saturated rings. The van der Waals surface area contributed by atoms with E-state index in [0.717, 1.165) is 5.92 Å². The van der Waals surface area contributed by atoms with Gasteiger partial charge in [-0.25, -0.2) is 0 Å². The van der Waals surface area contributed by atoms with Crippen LogP contribution in [0, 0.1) is 5.92 Å². The lowest BCUT2D eigenvalue weighted by atomic mass is 10.0. The molecule has 0 saturated carbocycles. The molecule has 1 heteroatoms. The fourth-order valence-electron chi connectivity index (χ4n) is 1.51. The summed E-state index contributed by atoms with van der Waals surface area (Å²) in [5.41, 5.74) is 0. The molecule has 0 heterocycles. The summed E-state index contributed by atoms with van der Waals surface area (Å²) in [6.07, 6.45) is 3.95. The summed E-state index contributed by atoms with van der Waals surface area (Å²) >= 11 is 0. The molecule has 1 atom stereocenters. The second-order valence-electron chi connectivity index (χ2n) is 4.43. The van der Waals surface area contributed by atoms with Crippen LogP contribution < -0.4 is 0 Å². The zero-order valence-electron chi connectivity index (χ0n) is 10.1. The lowest BCUT2D eigenvalue weighted by Crippen LogP contribution is -2.33. The van der Waals surface area contributed by atoms with E-state index in [1.807, 2.05) is 0 Å². The third-order valence-electron chi connectivity index (χ3n) is 2.85. The minimum Gasteiger partial charge on any atom is -0.301 e. The lowest BCUT2D eigenvalue weighted by molar-refractivity contribution is 0.207. The third-order valence-corrected chi connectivity index (χ3v) is 2.85. The zero-order valence-corrected chi connectivity index (χ0v) is 10.1. The molecule has 0 N–H and O–H groups in total.